The molecule has 20 heavy (non-hydrogen) atoms. The van der Waals surface area contributed by atoms with Gasteiger partial charge in [0.25, 0.3) is 0 Å². The molecule has 112 valence electrons. The Hall–Kier alpha value is -1.13. The van der Waals surface area contributed by atoms with Crippen molar-refractivity contribution < 1.29 is 9.18 Å². The number of benzene rings is 1. The van der Waals surface area contributed by atoms with Crippen molar-refractivity contribution in [1.29, 1.82) is 0 Å². The number of carbonyl (C=O) groups is 1. The fourth-order valence-electron chi connectivity index (χ4n) is 2.61. The van der Waals surface area contributed by atoms with E-state index in [1.54, 1.807) is 18.2 Å². The smallest absolute Gasteiger partial charge is 0.223 e. The molecule has 2 rings (SSSR count). The Bertz CT molecular complexity index is 455. The molecule has 5 heteroatoms. The second kappa shape index (κ2) is 7.60. The molecule has 1 aliphatic rings. The first kappa shape index (κ1) is 16.9. The molecule has 1 saturated heterocycles. The zero-order valence-corrected chi connectivity index (χ0v) is 12.5. The second-order valence-electron chi connectivity index (χ2n) is 5.37. The molecule has 0 bridgehead atoms. The molecule has 3 nitrogen and oxygen atoms in total. The van der Waals surface area contributed by atoms with Crippen molar-refractivity contribution in [1.82, 2.24) is 4.90 Å². The van der Waals surface area contributed by atoms with Crippen molar-refractivity contribution in [2.24, 2.45) is 5.73 Å². The Morgan fingerprint density at radius 2 is 2.20 bits per heavy atom. The van der Waals surface area contributed by atoms with E-state index in [1.165, 1.54) is 6.07 Å². The number of hydrogen-bond acceptors (Lipinski definition) is 2. The van der Waals surface area contributed by atoms with Crippen molar-refractivity contribution in [3.8, 4) is 0 Å². The third-order valence-electron chi connectivity index (χ3n) is 3.73. The van der Waals surface area contributed by atoms with Gasteiger partial charge in [-0.2, -0.15) is 0 Å². The molecule has 0 saturated carbocycles. The number of carbonyl (C=O) groups excluding carboxylic acids is 1. The first-order chi connectivity index (χ1) is 9.08. The maximum absolute atomic E-state index is 13.6. The highest BCUT2D eigenvalue weighted by Gasteiger charge is 2.23. The van der Waals surface area contributed by atoms with E-state index in [-0.39, 0.29) is 36.1 Å². The van der Waals surface area contributed by atoms with Gasteiger partial charge in [0.2, 0.25) is 5.91 Å². The summed E-state index contributed by atoms with van der Waals surface area (Å²) in [6, 6.07) is 6.73. The number of hydrogen-bond donors (Lipinski definition) is 1. The van der Waals surface area contributed by atoms with Crippen LogP contribution in [-0.2, 0) is 4.79 Å². The number of halogens is 2. The van der Waals surface area contributed by atoms with E-state index >= 15 is 0 Å². The quantitative estimate of drug-likeness (QED) is 0.933. The van der Waals surface area contributed by atoms with Crippen molar-refractivity contribution in [3.63, 3.8) is 0 Å². The number of piperidine rings is 1. The van der Waals surface area contributed by atoms with Gasteiger partial charge in [0, 0.05) is 25.6 Å². The minimum atomic E-state index is -0.238. The molecular weight excluding hydrogens is 279 g/mol. The third kappa shape index (κ3) is 4.18. The minimum Gasteiger partial charge on any atom is -0.341 e. The Kier molecular flexibility index (Phi) is 6.43. The van der Waals surface area contributed by atoms with Gasteiger partial charge in [0.1, 0.15) is 5.82 Å². The van der Waals surface area contributed by atoms with Crippen molar-refractivity contribution >= 4 is 18.3 Å². The first-order valence-electron chi connectivity index (χ1n) is 6.85. The molecule has 2 unspecified atom stereocenters. The molecule has 0 radical (unpaired) electrons. The average molecular weight is 301 g/mol. The van der Waals surface area contributed by atoms with Crippen LogP contribution < -0.4 is 5.73 Å². The molecule has 1 amide bonds. The Morgan fingerprint density at radius 1 is 1.50 bits per heavy atom. The summed E-state index contributed by atoms with van der Waals surface area (Å²) in [5, 5.41) is 0. The van der Waals surface area contributed by atoms with Gasteiger partial charge in [-0.25, -0.2) is 4.39 Å². The molecule has 1 aliphatic heterocycles. The van der Waals surface area contributed by atoms with Crippen LogP contribution in [-0.4, -0.2) is 29.9 Å². The number of likely N-dealkylation sites (tertiary alicyclic amines) is 1. The van der Waals surface area contributed by atoms with Gasteiger partial charge < -0.3 is 10.6 Å². The molecule has 1 fully saturated rings. The highest BCUT2D eigenvalue weighted by Crippen LogP contribution is 2.23. The lowest BCUT2D eigenvalue weighted by Gasteiger charge is -2.31. The summed E-state index contributed by atoms with van der Waals surface area (Å²) in [4.78, 5) is 14.0. The highest BCUT2D eigenvalue weighted by atomic mass is 35.5. The lowest BCUT2D eigenvalue weighted by atomic mass is 9.96. The largest absolute Gasteiger partial charge is 0.341 e. The summed E-state index contributed by atoms with van der Waals surface area (Å²) in [6.45, 7) is 3.29. The Morgan fingerprint density at radius 3 is 2.85 bits per heavy atom. The molecule has 1 heterocycles. The lowest BCUT2D eigenvalue weighted by molar-refractivity contribution is -0.132. The lowest BCUT2D eigenvalue weighted by Crippen LogP contribution is -2.45. The normalized spacial score (nSPS) is 20.1. The van der Waals surface area contributed by atoms with Crippen molar-refractivity contribution in [2.45, 2.75) is 38.1 Å². The topological polar surface area (TPSA) is 46.3 Å². The monoisotopic (exact) mass is 300 g/mol. The fourth-order valence-corrected chi connectivity index (χ4v) is 2.61. The molecule has 0 aromatic heterocycles. The van der Waals surface area contributed by atoms with E-state index in [9.17, 15) is 9.18 Å². The van der Waals surface area contributed by atoms with Gasteiger partial charge in [-0.15, -0.1) is 12.4 Å². The van der Waals surface area contributed by atoms with Gasteiger partial charge >= 0.3 is 0 Å². The van der Waals surface area contributed by atoms with Crippen LogP contribution in [0.25, 0.3) is 0 Å². The van der Waals surface area contributed by atoms with Crippen LogP contribution in [0.3, 0.4) is 0 Å². The van der Waals surface area contributed by atoms with Crippen LogP contribution in [0.15, 0.2) is 24.3 Å². The zero-order chi connectivity index (χ0) is 13.8. The molecule has 2 atom stereocenters. The van der Waals surface area contributed by atoms with Gasteiger partial charge in [-0.1, -0.05) is 25.1 Å². The Balaban J connectivity index is 0.00000200. The second-order valence-corrected chi connectivity index (χ2v) is 5.37. The predicted molar refractivity (Wildman–Crippen MR) is 80.5 cm³/mol. The van der Waals surface area contributed by atoms with Gasteiger partial charge in [0.15, 0.2) is 0 Å². The minimum absolute atomic E-state index is 0. The summed E-state index contributed by atoms with van der Waals surface area (Å²) in [5.74, 6) is -0.268. The summed E-state index contributed by atoms with van der Waals surface area (Å²) >= 11 is 0. The van der Waals surface area contributed by atoms with E-state index < -0.39 is 0 Å². The van der Waals surface area contributed by atoms with Crippen molar-refractivity contribution in [3.05, 3.63) is 35.6 Å². The molecule has 1 aromatic rings. The SMILES string of the molecule is CC(CC(=O)N1CCCC(N)C1)c1ccccc1F.Cl. The van der Waals surface area contributed by atoms with Crippen LogP contribution in [0.2, 0.25) is 0 Å². The summed E-state index contributed by atoms with van der Waals surface area (Å²) in [6.07, 6.45) is 2.28. The molecule has 0 spiro atoms. The van der Waals surface area contributed by atoms with Crippen LogP contribution in [0.1, 0.15) is 37.7 Å². The maximum Gasteiger partial charge on any atom is 0.223 e. The standard InChI is InChI=1S/C15H21FN2O.ClH/c1-11(13-6-2-3-7-14(13)16)9-15(19)18-8-4-5-12(17)10-18;/h2-3,6-7,11-12H,4-5,8-10,17H2,1H3;1H. The summed E-state index contributed by atoms with van der Waals surface area (Å²) in [7, 11) is 0. The number of nitrogens with two attached hydrogens (primary N) is 1. The van der Waals surface area contributed by atoms with Crippen LogP contribution in [0, 0.1) is 5.82 Å². The van der Waals surface area contributed by atoms with Crippen LogP contribution in [0.5, 0.6) is 0 Å². The first-order valence-corrected chi connectivity index (χ1v) is 6.85. The number of nitrogens with zero attached hydrogens (tertiary/aromatic N) is 1. The number of rotatable bonds is 3. The third-order valence-corrected chi connectivity index (χ3v) is 3.73. The zero-order valence-electron chi connectivity index (χ0n) is 11.7. The van der Waals surface area contributed by atoms with E-state index in [2.05, 4.69) is 0 Å². The summed E-state index contributed by atoms with van der Waals surface area (Å²) in [5.41, 5.74) is 6.48. The van der Waals surface area contributed by atoms with E-state index in [0.717, 1.165) is 19.4 Å². The number of amides is 1. The van der Waals surface area contributed by atoms with Gasteiger partial charge in [-0.3, -0.25) is 4.79 Å². The highest BCUT2D eigenvalue weighted by molar-refractivity contribution is 5.85. The summed E-state index contributed by atoms with van der Waals surface area (Å²) < 4.78 is 13.6. The van der Waals surface area contributed by atoms with Gasteiger partial charge in [0.05, 0.1) is 0 Å². The van der Waals surface area contributed by atoms with E-state index in [4.69, 9.17) is 5.73 Å². The van der Waals surface area contributed by atoms with Crippen LogP contribution in [0.4, 0.5) is 4.39 Å². The van der Waals surface area contributed by atoms with Crippen molar-refractivity contribution in [2.75, 3.05) is 13.1 Å². The predicted octanol–water partition coefficient (Wildman–Crippen LogP) is 2.69. The molecular formula is C15H22ClFN2O. The molecule has 0 aliphatic carbocycles. The van der Waals surface area contributed by atoms with Gasteiger partial charge in [-0.05, 0) is 30.4 Å². The van der Waals surface area contributed by atoms with E-state index in [1.807, 2.05) is 11.8 Å². The average Bonchev–Trinajstić information content (AvgIpc) is 2.39. The maximum atomic E-state index is 13.6. The van der Waals surface area contributed by atoms with Crippen LogP contribution >= 0.6 is 12.4 Å². The molecule has 1 aromatic carbocycles. The molecule has 2 N–H and O–H groups in total. The fraction of sp³-hybridized carbons (Fsp3) is 0.533. The van der Waals surface area contributed by atoms with E-state index in [0.29, 0.717) is 18.5 Å². The Labute approximate surface area is 125 Å².